The molecule has 2 aromatic rings. The molecule has 0 aliphatic rings. The zero-order valence-electron chi connectivity index (χ0n) is 16.1. The summed E-state index contributed by atoms with van der Waals surface area (Å²) in [5.41, 5.74) is 4.76. The van der Waals surface area contributed by atoms with Crippen molar-refractivity contribution in [2.45, 2.75) is 23.1 Å². The summed E-state index contributed by atoms with van der Waals surface area (Å²) in [6.07, 6.45) is -0.439. The van der Waals surface area contributed by atoms with Crippen LogP contribution in [0.5, 0.6) is 5.75 Å². The van der Waals surface area contributed by atoms with E-state index in [1.165, 1.54) is 19.1 Å². The lowest BCUT2D eigenvalue weighted by Gasteiger charge is -2.18. The zero-order valence-corrected chi connectivity index (χ0v) is 18.6. The first-order valence-electron chi connectivity index (χ1n) is 8.31. The number of nitrogens with two attached hydrogens (primary N) is 1. The van der Waals surface area contributed by atoms with Crippen molar-refractivity contribution in [3.63, 3.8) is 0 Å². The predicted molar refractivity (Wildman–Crippen MR) is 111 cm³/mol. The van der Waals surface area contributed by atoms with Gasteiger partial charge in [0.25, 0.3) is 20.2 Å². The minimum atomic E-state index is -5.23. The van der Waals surface area contributed by atoms with Gasteiger partial charge in [-0.1, -0.05) is 6.07 Å². The number of amides is 1. The van der Waals surface area contributed by atoms with E-state index < -0.39 is 72.5 Å². The number of carbonyl (C=O) groups is 2. The summed E-state index contributed by atoms with van der Waals surface area (Å²) in [5, 5.41) is 1.87. The summed E-state index contributed by atoms with van der Waals surface area (Å²) in [6, 6.07) is 5.53. The number of carbonyl (C=O) groups excluding carboxylic acids is 2. The van der Waals surface area contributed by atoms with Crippen LogP contribution in [0.2, 0.25) is 0 Å². The van der Waals surface area contributed by atoms with E-state index in [4.69, 9.17) is 14.8 Å². The average Bonchev–Trinajstić information content (AvgIpc) is 2.60. The topological polar surface area (TPSA) is 227 Å². The molecule has 1 atom stereocenters. The van der Waals surface area contributed by atoms with Gasteiger partial charge in [0.2, 0.25) is 5.91 Å². The third-order valence-corrected chi connectivity index (χ3v) is 6.76. The van der Waals surface area contributed by atoms with Crippen LogP contribution in [0.4, 0.5) is 11.4 Å². The van der Waals surface area contributed by atoms with Gasteiger partial charge in [0.1, 0.15) is 10.7 Å². The summed E-state index contributed by atoms with van der Waals surface area (Å²) in [4.78, 5) is 30.8. The molecule has 0 fully saturated rings. The fourth-order valence-corrected chi connectivity index (χ4v) is 4.88. The quantitative estimate of drug-likeness (QED) is 0.143. The molecule has 16 heteroatoms. The molecule has 174 valence electrons. The maximum Gasteiger partial charge on any atom is 0.408 e. The van der Waals surface area contributed by atoms with E-state index in [-0.39, 0.29) is 11.8 Å². The monoisotopic (exact) mass is 508 g/mol. The largest absolute Gasteiger partial charge is 0.418 e. The predicted octanol–water partition coefficient (Wildman–Crippen LogP) is 0.570. The molecule has 0 saturated heterocycles. The first kappa shape index (κ1) is 25.5. The highest BCUT2D eigenvalue weighted by Crippen LogP contribution is 2.47. The molecule has 0 aliphatic carbocycles. The van der Waals surface area contributed by atoms with Gasteiger partial charge >= 0.3 is 7.60 Å². The number of nitrogen functional groups attached to an aromatic ring is 1. The minimum Gasteiger partial charge on any atom is -0.418 e. The highest BCUT2D eigenvalue weighted by molar-refractivity contribution is 7.86. The van der Waals surface area contributed by atoms with E-state index in [0.29, 0.717) is 6.07 Å². The Morgan fingerprint density at radius 1 is 1.09 bits per heavy atom. The van der Waals surface area contributed by atoms with Crippen molar-refractivity contribution in [3.05, 3.63) is 36.4 Å². The molecular weight excluding hydrogens is 491 g/mol. The Bertz CT molecular complexity index is 1350. The van der Waals surface area contributed by atoms with Crippen LogP contribution in [-0.4, -0.2) is 42.5 Å². The van der Waals surface area contributed by atoms with E-state index in [2.05, 4.69) is 5.32 Å². The molecule has 0 aromatic heterocycles. The van der Waals surface area contributed by atoms with Gasteiger partial charge < -0.3 is 20.5 Å². The van der Waals surface area contributed by atoms with E-state index in [9.17, 15) is 40.4 Å². The number of benzene rings is 2. The SMILES string of the molecule is CC(=O)CC(=O)Nc1cccc(P(=O)(O)Oc2c(N)cc(S(=O)(=O)O)cc2S(=O)(=O)O)c1. The van der Waals surface area contributed by atoms with Crippen molar-refractivity contribution in [2.75, 3.05) is 11.1 Å². The number of nitrogens with one attached hydrogen (secondary N) is 1. The van der Waals surface area contributed by atoms with Gasteiger partial charge in [0.15, 0.2) is 5.75 Å². The molecule has 13 nitrogen and oxygen atoms in total. The Hall–Kier alpha value is -2.81. The van der Waals surface area contributed by atoms with E-state index >= 15 is 0 Å². The molecule has 2 rings (SSSR count). The van der Waals surface area contributed by atoms with Crippen molar-refractivity contribution in [1.29, 1.82) is 0 Å². The summed E-state index contributed by atoms with van der Waals surface area (Å²) in [7, 11) is -15.1. The molecule has 0 aliphatic heterocycles. The molecule has 0 radical (unpaired) electrons. The van der Waals surface area contributed by atoms with Crippen molar-refractivity contribution in [3.8, 4) is 5.75 Å². The summed E-state index contributed by atoms with van der Waals surface area (Å²) < 4.78 is 82.1. The molecule has 6 N–H and O–H groups in total. The van der Waals surface area contributed by atoms with Gasteiger partial charge in [0, 0.05) is 5.69 Å². The van der Waals surface area contributed by atoms with Crippen molar-refractivity contribution < 1.29 is 49.5 Å². The second-order valence-corrected chi connectivity index (χ2v) is 10.9. The molecule has 1 unspecified atom stereocenters. The molecular formula is C16H17N2O11PS2. The lowest BCUT2D eigenvalue weighted by Crippen LogP contribution is -2.17. The van der Waals surface area contributed by atoms with Gasteiger partial charge in [-0.25, -0.2) is 4.57 Å². The first-order chi connectivity index (χ1) is 14.5. The maximum atomic E-state index is 12.8. The number of hydrogen-bond acceptors (Lipinski definition) is 9. The summed E-state index contributed by atoms with van der Waals surface area (Å²) in [5.74, 6) is -2.16. The number of ketones is 1. The Kier molecular flexibility index (Phi) is 7.14. The van der Waals surface area contributed by atoms with Crippen molar-refractivity contribution in [1.82, 2.24) is 0 Å². The second-order valence-electron chi connectivity index (χ2n) is 6.38. The Labute approximate surface area is 182 Å². The highest BCUT2D eigenvalue weighted by atomic mass is 32.2. The fraction of sp³-hybridized carbons (Fsp3) is 0.125. The van der Waals surface area contributed by atoms with Crippen molar-refractivity contribution >= 4 is 56.2 Å². The second kappa shape index (κ2) is 8.97. The average molecular weight is 508 g/mol. The molecule has 0 heterocycles. The van der Waals surface area contributed by atoms with Crippen LogP contribution in [0, 0.1) is 0 Å². The third-order valence-electron chi connectivity index (χ3n) is 3.71. The van der Waals surface area contributed by atoms with Crippen LogP contribution in [-0.2, 0) is 34.4 Å². The van der Waals surface area contributed by atoms with Gasteiger partial charge in [-0.2, -0.15) is 16.8 Å². The Morgan fingerprint density at radius 3 is 2.25 bits per heavy atom. The van der Waals surface area contributed by atoms with Crippen molar-refractivity contribution in [2.24, 2.45) is 0 Å². The van der Waals surface area contributed by atoms with Gasteiger partial charge in [0.05, 0.1) is 22.3 Å². The van der Waals surface area contributed by atoms with Crippen LogP contribution in [0.3, 0.4) is 0 Å². The van der Waals surface area contributed by atoms with Crippen LogP contribution >= 0.6 is 7.60 Å². The van der Waals surface area contributed by atoms with E-state index in [1.807, 2.05) is 0 Å². The smallest absolute Gasteiger partial charge is 0.408 e. The summed E-state index contributed by atoms with van der Waals surface area (Å²) in [6.45, 7) is 1.19. The lowest BCUT2D eigenvalue weighted by atomic mass is 10.2. The molecule has 0 spiro atoms. The number of anilines is 2. The first-order valence-corrected chi connectivity index (χ1v) is 12.8. The zero-order chi connectivity index (χ0) is 24.5. The number of hydrogen-bond donors (Lipinski definition) is 5. The fourth-order valence-electron chi connectivity index (χ4n) is 2.40. The summed E-state index contributed by atoms with van der Waals surface area (Å²) >= 11 is 0. The standard InChI is InChI=1S/C16H17N2O11PS2/c1-9(19)5-15(20)18-10-3-2-4-11(6-10)30(21,22)29-16-13(17)7-12(31(23,24)25)8-14(16)32(26,27)28/h2-4,6-8H,5,17H2,1H3,(H,18,20)(H,21,22)(H,23,24,25)(H,26,27,28). The van der Waals surface area contributed by atoms with Gasteiger partial charge in [-0.3, -0.25) is 18.7 Å². The van der Waals surface area contributed by atoms with Gasteiger partial charge in [-0.15, -0.1) is 0 Å². The number of rotatable bonds is 8. The molecule has 2 aromatic carbocycles. The van der Waals surface area contributed by atoms with Crippen LogP contribution in [0.1, 0.15) is 13.3 Å². The maximum absolute atomic E-state index is 12.8. The van der Waals surface area contributed by atoms with Crippen LogP contribution < -0.4 is 20.9 Å². The van der Waals surface area contributed by atoms with Crippen LogP contribution in [0.15, 0.2) is 46.2 Å². The normalized spacial score (nSPS) is 13.8. The third kappa shape index (κ3) is 6.35. The highest BCUT2D eigenvalue weighted by Gasteiger charge is 2.32. The lowest BCUT2D eigenvalue weighted by molar-refractivity contribution is -0.124. The van der Waals surface area contributed by atoms with Crippen LogP contribution in [0.25, 0.3) is 0 Å². The van der Waals surface area contributed by atoms with E-state index in [0.717, 1.165) is 12.1 Å². The molecule has 0 bridgehead atoms. The Balaban J connectivity index is 2.51. The molecule has 32 heavy (non-hydrogen) atoms. The number of Topliss-reactive ketones (excluding diaryl/α,β-unsaturated/α-hetero) is 1. The Morgan fingerprint density at radius 2 is 1.72 bits per heavy atom. The molecule has 0 saturated carbocycles. The minimum absolute atomic E-state index is 0.0105. The van der Waals surface area contributed by atoms with E-state index in [1.54, 1.807) is 0 Å². The molecule has 1 amide bonds. The van der Waals surface area contributed by atoms with Gasteiger partial charge in [-0.05, 0) is 37.3 Å².